The standard InChI is InChI=1S/C17H22N2O4S/c1-4-18-16(21)11(2)23-17(22)12-8-15(20)19(10-12)13-6-5-7-14(9-13)24-3/h5-7,9,11-12H,4,8,10H2,1-3H3,(H,18,21)/t11-,12+/m0/s1. The summed E-state index contributed by atoms with van der Waals surface area (Å²) in [7, 11) is 0. The van der Waals surface area contributed by atoms with Crippen LogP contribution in [0.5, 0.6) is 0 Å². The molecule has 0 bridgehead atoms. The van der Waals surface area contributed by atoms with Gasteiger partial charge < -0.3 is 15.0 Å². The highest BCUT2D eigenvalue weighted by Gasteiger charge is 2.37. The Morgan fingerprint density at radius 3 is 2.88 bits per heavy atom. The van der Waals surface area contributed by atoms with Crippen LogP contribution in [0.1, 0.15) is 20.3 Å². The van der Waals surface area contributed by atoms with E-state index >= 15 is 0 Å². The molecule has 0 saturated carbocycles. The highest BCUT2D eigenvalue weighted by Crippen LogP contribution is 2.28. The van der Waals surface area contributed by atoms with Gasteiger partial charge in [-0.15, -0.1) is 11.8 Å². The maximum Gasteiger partial charge on any atom is 0.312 e. The van der Waals surface area contributed by atoms with Crippen LogP contribution in [0.2, 0.25) is 0 Å². The molecule has 1 fully saturated rings. The molecule has 1 aromatic carbocycles. The Bertz CT molecular complexity index is 635. The van der Waals surface area contributed by atoms with Crippen LogP contribution in [0.3, 0.4) is 0 Å². The Kier molecular flexibility index (Phi) is 6.25. The minimum atomic E-state index is -0.860. The van der Waals surface area contributed by atoms with Crippen molar-refractivity contribution in [3.05, 3.63) is 24.3 Å². The fourth-order valence-electron chi connectivity index (χ4n) is 2.54. The normalized spacial score (nSPS) is 18.4. The van der Waals surface area contributed by atoms with E-state index in [0.29, 0.717) is 6.54 Å². The van der Waals surface area contributed by atoms with Gasteiger partial charge in [-0.1, -0.05) is 6.07 Å². The van der Waals surface area contributed by atoms with Gasteiger partial charge in [0.2, 0.25) is 5.91 Å². The van der Waals surface area contributed by atoms with E-state index in [2.05, 4.69) is 5.32 Å². The van der Waals surface area contributed by atoms with Crippen molar-refractivity contribution >= 4 is 35.2 Å². The minimum absolute atomic E-state index is 0.102. The number of ether oxygens (including phenoxy) is 1. The van der Waals surface area contributed by atoms with Crippen molar-refractivity contribution in [2.75, 3.05) is 24.2 Å². The van der Waals surface area contributed by atoms with Gasteiger partial charge >= 0.3 is 5.97 Å². The molecule has 6 nitrogen and oxygen atoms in total. The van der Waals surface area contributed by atoms with Crippen LogP contribution in [0.4, 0.5) is 5.69 Å². The highest BCUT2D eigenvalue weighted by atomic mass is 32.2. The lowest BCUT2D eigenvalue weighted by molar-refractivity contribution is -0.158. The summed E-state index contributed by atoms with van der Waals surface area (Å²) in [6, 6.07) is 7.63. The van der Waals surface area contributed by atoms with Crippen LogP contribution in [0.15, 0.2) is 29.2 Å². The van der Waals surface area contributed by atoms with Gasteiger partial charge in [-0.05, 0) is 38.3 Å². The van der Waals surface area contributed by atoms with Gasteiger partial charge in [0.1, 0.15) is 0 Å². The number of carbonyl (C=O) groups excluding carboxylic acids is 3. The van der Waals surface area contributed by atoms with Crippen molar-refractivity contribution in [3.63, 3.8) is 0 Å². The van der Waals surface area contributed by atoms with Crippen LogP contribution in [-0.4, -0.2) is 43.2 Å². The monoisotopic (exact) mass is 350 g/mol. The lowest BCUT2D eigenvalue weighted by Gasteiger charge is -2.18. The zero-order chi connectivity index (χ0) is 17.7. The molecule has 7 heteroatoms. The van der Waals surface area contributed by atoms with Crippen molar-refractivity contribution in [2.24, 2.45) is 5.92 Å². The molecule has 1 saturated heterocycles. The Morgan fingerprint density at radius 1 is 1.46 bits per heavy atom. The third-order valence-corrected chi connectivity index (χ3v) is 4.56. The molecule has 2 amide bonds. The SMILES string of the molecule is CCNC(=O)[C@H](C)OC(=O)[C@@H]1CC(=O)N(c2cccc(SC)c2)C1. The second kappa shape index (κ2) is 8.19. The first-order valence-electron chi connectivity index (χ1n) is 7.88. The molecule has 1 aromatic rings. The molecule has 0 spiro atoms. The van der Waals surface area contributed by atoms with Gasteiger partial charge in [0.05, 0.1) is 5.92 Å². The Balaban J connectivity index is 2.00. The average molecular weight is 350 g/mol. The van der Waals surface area contributed by atoms with Crippen molar-refractivity contribution in [1.29, 1.82) is 0 Å². The Morgan fingerprint density at radius 2 is 2.21 bits per heavy atom. The summed E-state index contributed by atoms with van der Waals surface area (Å²) in [6.07, 6.45) is 1.21. The molecule has 2 rings (SSSR count). The number of thioether (sulfide) groups is 1. The molecule has 1 N–H and O–H groups in total. The fourth-order valence-corrected chi connectivity index (χ4v) is 2.99. The van der Waals surface area contributed by atoms with Crippen molar-refractivity contribution in [3.8, 4) is 0 Å². The van der Waals surface area contributed by atoms with E-state index in [4.69, 9.17) is 4.74 Å². The maximum atomic E-state index is 12.2. The van der Waals surface area contributed by atoms with Gasteiger partial charge in [0, 0.05) is 30.1 Å². The summed E-state index contributed by atoms with van der Waals surface area (Å²) in [6.45, 7) is 4.07. The molecule has 0 aliphatic carbocycles. The number of hydrogen-bond acceptors (Lipinski definition) is 5. The number of benzene rings is 1. The van der Waals surface area contributed by atoms with Crippen LogP contribution in [-0.2, 0) is 19.1 Å². The Hall–Kier alpha value is -2.02. The number of amides is 2. The summed E-state index contributed by atoms with van der Waals surface area (Å²) >= 11 is 1.59. The number of anilines is 1. The second-order valence-electron chi connectivity index (χ2n) is 5.58. The number of esters is 1. The molecule has 0 radical (unpaired) electrons. The topological polar surface area (TPSA) is 75.7 Å². The van der Waals surface area contributed by atoms with Crippen molar-refractivity contribution in [2.45, 2.75) is 31.3 Å². The number of nitrogens with zero attached hydrogens (tertiary/aromatic N) is 1. The van der Waals surface area contributed by atoms with Crippen molar-refractivity contribution in [1.82, 2.24) is 5.32 Å². The third-order valence-electron chi connectivity index (χ3n) is 3.84. The maximum absolute atomic E-state index is 12.2. The predicted molar refractivity (Wildman–Crippen MR) is 92.9 cm³/mol. The molecule has 130 valence electrons. The van der Waals surface area contributed by atoms with E-state index in [0.717, 1.165) is 10.6 Å². The van der Waals surface area contributed by atoms with Gasteiger partial charge in [-0.2, -0.15) is 0 Å². The first-order chi connectivity index (χ1) is 11.5. The average Bonchev–Trinajstić information content (AvgIpc) is 2.97. The van der Waals surface area contributed by atoms with Crippen LogP contribution in [0.25, 0.3) is 0 Å². The smallest absolute Gasteiger partial charge is 0.312 e. The zero-order valence-corrected chi connectivity index (χ0v) is 14.9. The summed E-state index contributed by atoms with van der Waals surface area (Å²) in [5.41, 5.74) is 0.777. The summed E-state index contributed by atoms with van der Waals surface area (Å²) in [5.74, 6) is -1.50. The molecule has 1 heterocycles. The Labute approximate surface area is 145 Å². The molecule has 24 heavy (non-hydrogen) atoms. The second-order valence-corrected chi connectivity index (χ2v) is 6.46. The van der Waals surface area contributed by atoms with Gasteiger partial charge in [0.25, 0.3) is 5.91 Å². The summed E-state index contributed by atoms with van der Waals surface area (Å²) < 4.78 is 5.19. The third kappa shape index (κ3) is 4.29. The molecule has 0 unspecified atom stereocenters. The van der Waals surface area contributed by atoms with E-state index in [9.17, 15) is 14.4 Å². The van der Waals surface area contributed by atoms with E-state index in [1.54, 1.807) is 23.6 Å². The zero-order valence-electron chi connectivity index (χ0n) is 14.1. The highest BCUT2D eigenvalue weighted by molar-refractivity contribution is 7.98. The van der Waals surface area contributed by atoms with Crippen LogP contribution >= 0.6 is 11.8 Å². The lowest BCUT2D eigenvalue weighted by Crippen LogP contribution is -2.37. The van der Waals surface area contributed by atoms with Crippen molar-refractivity contribution < 1.29 is 19.1 Å². The summed E-state index contributed by atoms with van der Waals surface area (Å²) in [5, 5.41) is 2.60. The largest absolute Gasteiger partial charge is 0.452 e. The van der Waals surface area contributed by atoms with Gasteiger partial charge in [-0.25, -0.2) is 0 Å². The van der Waals surface area contributed by atoms with E-state index in [-0.39, 0.29) is 24.8 Å². The number of carbonyl (C=O) groups is 3. The van der Waals surface area contributed by atoms with Gasteiger partial charge in [-0.3, -0.25) is 14.4 Å². The van der Waals surface area contributed by atoms with E-state index in [1.165, 1.54) is 6.92 Å². The van der Waals surface area contributed by atoms with E-state index in [1.807, 2.05) is 30.5 Å². The fraction of sp³-hybridized carbons (Fsp3) is 0.471. The predicted octanol–water partition coefficient (Wildman–Crippen LogP) is 1.83. The number of rotatable bonds is 6. The van der Waals surface area contributed by atoms with Crippen LogP contribution in [0, 0.1) is 5.92 Å². The molecule has 1 aliphatic rings. The quantitative estimate of drug-likeness (QED) is 0.626. The van der Waals surface area contributed by atoms with Gasteiger partial charge in [0.15, 0.2) is 6.10 Å². The molecular weight excluding hydrogens is 328 g/mol. The molecular formula is C17H22N2O4S. The number of hydrogen-bond donors (Lipinski definition) is 1. The lowest BCUT2D eigenvalue weighted by atomic mass is 10.1. The van der Waals surface area contributed by atoms with Crippen LogP contribution < -0.4 is 10.2 Å². The molecule has 0 aromatic heterocycles. The molecule has 1 aliphatic heterocycles. The summed E-state index contributed by atoms with van der Waals surface area (Å²) in [4.78, 5) is 38.8. The molecule has 2 atom stereocenters. The number of likely N-dealkylation sites (N-methyl/N-ethyl adjacent to an activating group) is 1. The van der Waals surface area contributed by atoms with E-state index < -0.39 is 18.0 Å². The number of nitrogens with one attached hydrogen (secondary N) is 1. The first-order valence-corrected chi connectivity index (χ1v) is 9.11. The minimum Gasteiger partial charge on any atom is -0.452 e. The first kappa shape index (κ1) is 18.3.